The molecule has 0 saturated carbocycles. The molecule has 0 bridgehead atoms. The summed E-state index contributed by atoms with van der Waals surface area (Å²) in [6, 6.07) is 23.9. The molecule has 6 nitrogen and oxygen atoms in total. The molecule has 0 aromatic heterocycles. The van der Waals surface area contributed by atoms with Crippen LogP contribution in [0.4, 0.5) is 17.1 Å². The predicted molar refractivity (Wildman–Crippen MR) is 142 cm³/mol. The van der Waals surface area contributed by atoms with Crippen molar-refractivity contribution in [3.8, 4) is 0 Å². The summed E-state index contributed by atoms with van der Waals surface area (Å²) in [6.45, 7) is 5.33. The second-order valence-corrected chi connectivity index (χ2v) is 9.37. The Labute approximate surface area is 211 Å². The summed E-state index contributed by atoms with van der Waals surface area (Å²) < 4.78 is 0. The number of aliphatic carboxylic acids is 1. The van der Waals surface area contributed by atoms with Gasteiger partial charge < -0.3 is 19.8 Å². The van der Waals surface area contributed by atoms with E-state index < -0.39 is 5.97 Å². The number of para-hydroxylation sites is 1. The van der Waals surface area contributed by atoms with Crippen LogP contribution in [0.25, 0.3) is 0 Å². The fraction of sp³-hybridized carbons (Fsp3) is 0.286. The Morgan fingerprint density at radius 2 is 1.66 bits per heavy atom. The summed E-state index contributed by atoms with van der Waals surface area (Å²) in [7, 11) is 0. The van der Waals surface area contributed by atoms with Crippen LogP contribution >= 0.6 is 11.6 Å². The van der Waals surface area contributed by atoms with Crippen LogP contribution in [0.1, 0.15) is 30.5 Å². The number of guanidine groups is 1. The molecule has 35 heavy (non-hydrogen) atoms. The van der Waals surface area contributed by atoms with Gasteiger partial charge in [0.15, 0.2) is 0 Å². The zero-order valence-electron chi connectivity index (χ0n) is 19.8. The number of carbonyl (C=O) groups is 1. The number of hydrogen-bond donors (Lipinski definition) is 1. The maximum Gasteiger partial charge on any atom is 0.305 e. The molecule has 1 saturated heterocycles. The molecular formula is C28H29ClN4O2. The minimum absolute atomic E-state index is 0.00509. The van der Waals surface area contributed by atoms with E-state index in [4.69, 9.17) is 16.6 Å². The zero-order valence-corrected chi connectivity index (χ0v) is 20.5. The fourth-order valence-electron chi connectivity index (χ4n) is 4.96. The summed E-state index contributed by atoms with van der Waals surface area (Å²) in [5.41, 5.74) is 5.08. The van der Waals surface area contributed by atoms with Crippen molar-refractivity contribution in [1.82, 2.24) is 4.90 Å². The van der Waals surface area contributed by atoms with E-state index in [1.54, 1.807) is 0 Å². The lowest BCUT2D eigenvalue weighted by molar-refractivity contribution is -0.137. The van der Waals surface area contributed by atoms with Crippen molar-refractivity contribution in [3.05, 3.63) is 88.9 Å². The summed E-state index contributed by atoms with van der Waals surface area (Å²) >= 11 is 6.22. The Kier molecular flexibility index (Phi) is 6.64. The highest BCUT2D eigenvalue weighted by Gasteiger charge is 2.36. The van der Waals surface area contributed by atoms with E-state index in [-0.39, 0.29) is 12.5 Å². The third kappa shape index (κ3) is 4.84. The first-order valence-corrected chi connectivity index (χ1v) is 12.4. The van der Waals surface area contributed by atoms with Crippen LogP contribution in [0.2, 0.25) is 5.02 Å². The Bertz CT molecular complexity index is 1250. The number of aryl methyl sites for hydroxylation is 1. The molecule has 0 radical (unpaired) electrons. The quantitative estimate of drug-likeness (QED) is 0.495. The van der Waals surface area contributed by atoms with E-state index in [1.807, 2.05) is 48.5 Å². The van der Waals surface area contributed by atoms with E-state index in [2.05, 4.69) is 45.9 Å². The number of anilines is 2. The van der Waals surface area contributed by atoms with E-state index in [9.17, 15) is 9.90 Å². The van der Waals surface area contributed by atoms with Crippen molar-refractivity contribution in [2.75, 3.05) is 36.0 Å². The van der Waals surface area contributed by atoms with Gasteiger partial charge in [0.05, 0.1) is 18.2 Å². The Morgan fingerprint density at radius 3 is 2.40 bits per heavy atom. The molecular weight excluding hydrogens is 460 g/mol. The van der Waals surface area contributed by atoms with Crippen LogP contribution in [0, 0.1) is 0 Å². The van der Waals surface area contributed by atoms with Gasteiger partial charge in [0, 0.05) is 48.1 Å². The molecule has 5 rings (SSSR count). The average Bonchev–Trinajstić information content (AvgIpc) is 2.88. The third-order valence-corrected chi connectivity index (χ3v) is 6.98. The van der Waals surface area contributed by atoms with Crippen LogP contribution in [-0.4, -0.2) is 48.1 Å². The van der Waals surface area contributed by atoms with Crippen LogP contribution < -0.4 is 9.80 Å². The van der Waals surface area contributed by atoms with Gasteiger partial charge in [-0.2, -0.15) is 0 Å². The summed E-state index contributed by atoms with van der Waals surface area (Å²) in [4.78, 5) is 23.8. The number of carboxylic acids is 1. The maximum atomic E-state index is 12.0. The van der Waals surface area contributed by atoms with E-state index in [1.165, 1.54) is 5.56 Å². The normalized spacial score (nSPS) is 17.7. The smallest absolute Gasteiger partial charge is 0.305 e. The van der Waals surface area contributed by atoms with Crippen LogP contribution in [0.15, 0.2) is 77.8 Å². The molecule has 0 spiro atoms. The number of nitrogens with zero attached hydrogens (tertiary/aromatic N) is 4. The second kappa shape index (κ2) is 10.0. The molecule has 0 aliphatic carbocycles. The molecule has 1 fully saturated rings. The topological polar surface area (TPSA) is 59.4 Å². The van der Waals surface area contributed by atoms with Gasteiger partial charge in [0.2, 0.25) is 5.96 Å². The van der Waals surface area contributed by atoms with Gasteiger partial charge >= 0.3 is 5.97 Å². The van der Waals surface area contributed by atoms with Gasteiger partial charge in [-0.3, -0.25) is 4.79 Å². The molecule has 2 heterocycles. The number of hydrogen-bond acceptors (Lipinski definition) is 5. The number of piperazine rings is 1. The maximum absolute atomic E-state index is 12.0. The molecule has 180 valence electrons. The first-order chi connectivity index (χ1) is 17.0. The van der Waals surface area contributed by atoms with Crippen molar-refractivity contribution >= 4 is 40.6 Å². The predicted octanol–water partition coefficient (Wildman–Crippen LogP) is 5.75. The van der Waals surface area contributed by atoms with Crippen LogP contribution in [-0.2, 0) is 11.2 Å². The summed E-state index contributed by atoms with van der Waals surface area (Å²) in [5.74, 6) is -0.0116. The molecule has 1 unspecified atom stereocenters. The van der Waals surface area contributed by atoms with Crippen LogP contribution in [0.5, 0.6) is 0 Å². The summed E-state index contributed by atoms with van der Waals surface area (Å²) in [5, 5.41) is 10.6. The third-order valence-electron chi connectivity index (χ3n) is 6.74. The highest BCUT2D eigenvalue weighted by atomic mass is 35.5. The Morgan fingerprint density at radius 1 is 0.943 bits per heavy atom. The molecule has 2 aliphatic rings. The van der Waals surface area contributed by atoms with Gasteiger partial charge in [0.1, 0.15) is 0 Å². The lowest BCUT2D eigenvalue weighted by Gasteiger charge is -2.45. The first kappa shape index (κ1) is 23.2. The molecule has 3 aromatic carbocycles. The number of carboxylic acid groups (broad SMARTS) is 1. The van der Waals surface area contributed by atoms with Gasteiger partial charge in [0.25, 0.3) is 0 Å². The number of benzene rings is 3. The van der Waals surface area contributed by atoms with Crippen molar-refractivity contribution in [3.63, 3.8) is 0 Å². The zero-order chi connectivity index (χ0) is 24.4. The number of rotatable bonds is 5. The van der Waals surface area contributed by atoms with E-state index in [0.717, 1.165) is 66.2 Å². The lowest BCUT2D eigenvalue weighted by Crippen LogP contribution is -2.55. The van der Waals surface area contributed by atoms with Crippen molar-refractivity contribution in [2.24, 2.45) is 4.99 Å². The largest absolute Gasteiger partial charge is 0.481 e. The Balaban J connectivity index is 1.52. The van der Waals surface area contributed by atoms with Gasteiger partial charge in [-0.05, 0) is 48.4 Å². The first-order valence-electron chi connectivity index (χ1n) is 12.1. The molecule has 3 aromatic rings. The monoisotopic (exact) mass is 488 g/mol. The summed E-state index contributed by atoms with van der Waals surface area (Å²) in [6.07, 6.45) is 0.904. The number of halogens is 1. The lowest BCUT2D eigenvalue weighted by atomic mass is 9.97. The van der Waals surface area contributed by atoms with E-state index in [0.29, 0.717) is 0 Å². The highest BCUT2D eigenvalue weighted by molar-refractivity contribution is 6.30. The molecule has 1 N–H and O–H groups in total. The van der Waals surface area contributed by atoms with Crippen molar-refractivity contribution in [2.45, 2.75) is 25.8 Å². The number of fused-ring (bicyclic) bond motifs is 1. The molecule has 2 aliphatic heterocycles. The minimum atomic E-state index is -0.825. The van der Waals surface area contributed by atoms with Crippen molar-refractivity contribution < 1.29 is 9.90 Å². The van der Waals surface area contributed by atoms with Crippen molar-refractivity contribution in [1.29, 1.82) is 0 Å². The van der Waals surface area contributed by atoms with Crippen LogP contribution in [0.3, 0.4) is 0 Å². The molecule has 1 atom stereocenters. The fourth-order valence-corrected chi connectivity index (χ4v) is 5.14. The van der Waals surface area contributed by atoms with Gasteiger partial charge in [-0.25, -0.2) is 4.99 Å². The Hall–Kier alpha value is -3.51. The SMILES string of the molecule is CCc1cccc(N2C(N3CCN(c4cccc(Cl)c4)CC3)=Nc3ccccc3C2CC(=O)O)c1. The average molecular weight is 489 g/mol. The van der Waals surface area contributed by atoms with Gasteiger partial charge in [-0.1, -0.05) is 54.9 Å². The van der Waals surface area contributed by atoms with Gasteiger partial charge in [-0.15, -0.1) is 0 Å². The molecule has 7 heteroatoms. The second-order valence-electron chi connectivity index (χ2n) is 8.93. The highest BCUT2D eigenvalue weighted by Crippen LogP contribution is 2.40. The number of aliphatic imine (C=N–C) groups is 1. The molecule has 0 amide bonds. The standard InChI is InChI=1S/C28H29ClN4O2/c1-2-20-7-5-10-23(17-20)33-26(19-27(34)35)24-11-3-4-12-25(24)30-28(33)32-15-13-31(14-16-32)22-9-6-8-21(29)18-22/h3-12,17-18,26H,2,13-16,19H2,1H3,(H,34,35). The minimum Gasteiger partial charge on any atom is -0.481 e. The van der Waals surface area contributed by atoms with E-state index >= 15 is 0 Å².